The molecule has 118 valence electrons. The maximum Gasteiger partial charge on any atom is 0.126 e. The van der Waals surface area contributed by atoms with Crippen molar-refractivity contribution in [3.05, 3.63) is 23.9 Å². The van der Waals surface area contributed by atoms with E-state index in [1.165, 1.54) is 25.9 Å². The van der Waals surface area contributed by atoms with Crippen molar-refractivity contribution in [3.8, 4) is 0 Å². The van der Waals surface area contributed by atoms with Gasteiger partial charge in [0.25, 0.3) is 0 Å². The van der Waals surface area contributed by atoms with Gasteiger partial charge < -0.3 is 11.1 Å². The summed E-state index contributed by atoms with van der Waals surface area (Å²) < 4.78 is 0. The largest absolute Gasteiger partial charge is 0.383 e. The average molecular weight is 290 g/mol. The van der Waals surface area contributed by atoms with Gasteiger partial charge in [-0.2, -0.15) is 0 Å². The fourth-order valence-electron chi connectivity index (χ4n) is 3.98. The quantitative estimate of drug-likeness (QED) is 0.810. The molecule has 4 nitrogen and oxygen atoms in total. The van der Waals surface area contributed by atoms with E-state index in [0.29, 0.717) is 11.9 Å². The van der Waals surface area contributed by atoms with E-state index < -0.39 is 0 Å². The molecule has 1 atom stereocenters. The third-order valence-corrected chi connectivity index (χ3v) is 5.31. The monoisotopic (exact) mass is 290 g/mol. The summed E-state index contributed by atoms with van der Waals surface area (Å²) >= 11 is 0. The molecule has 4 heteroatoms. The van der Waals surface area contributed by atoms with Gasteiger partial charge in [0, 0.05) is 17.8 Å². The molecule has 0 aliphatic carbocycles. The van der Waals surface area contributed by atoms with Crippen molar-refractivity contribution < 1.29 is 0 Å². The van der Waals surface area contributed by atoms with Crippen LogP contribution >= 0.6 is 0 Å². The molecule has 1 saturated heterocycles. The maximum atomic E-state index is 6.05. The zero-order chi connectivity index (χ0) is 15.3. The van der Waals surface area contributed by atoms with Gasteiger partial charge in [-0.05, 0) is 63.9 Å². The first-order chi connectivity index (χ1) is 10.2. The molecule has 0 bridgehead atoms. The Morgan fingerprint density at radius 1 is 1.33 bits per heavy atom. The van der Waals surface area contributed by atoms with Crippen molar-refractivity contribution >= 4 is 5.82 Å². The van der Waals surface area contributed by atoms with Gasteiger partial charge in [-0.3, -0.25) is 4.90 Å². The summed E-state index contributed by atoms with van der Waals surface area (Å²) in [5.41, 5.74) is 7.42. The van der Waals surface area contributed by atoms with Crippen LogP contribution in [-0.2, 0) is 6.42 Å². The van der Waals surface area contributed by atoms with Gasteiger partial charge in [-0.25, -0.2) is 4.98 Å². The predicted octanol–water partition coefficient (Wildman–Crippen LogP) is 2.45. The van der Waals surface area contributed by atoms with Gasteiger partial charge in [-0.1, -0.05) is 19.9 Å². The third kappa shape index (κ3) is 3.22. The number of likely N-dealkylation sites (N-methyl/N-ethyl adjacent to an activating group) is 1. The topological polar surface area (TPSA) is 54.2 Å². The lowest BCUT2D eigenvalue weighted by atomic mass is 9.80. The fourth-order valence-corrected chi connectivity index (χ4v) is 3.98. The number of aromatic nitrogens is 1. The lowest BCUT2D eigenvalue weighted by molar-refractivity contribution is 0.0651. The van der Waals surface area contributed by atoms with Crippen molar-refractivity contribution in [2.75, 3.05) is 25.9 Å². The lowest BCUT2D eigenvalue weighted by Crippen LogP contribution is -2.60. The summed E-state index contributed by atoms with van der Waals surface area (Å²) in [5, 5.41) is 3.57. The zero-order valence-corrected chi connectivity index (χ0v) is 13.7. The van der Waals surface area contributed by atoms with Crippen molar-refractivity contribution in [1.29, 1.82) is 0 Å². The molecule has 1 aliphatic heterocycles. The highest BCUT2D eigenvalue weighted by atomic mass is 15.2. The van der Waals surface area contributed by atoms with Gasteiger partial charge >= 0.3 is 0 Å². The number of nitrogens with zero attached hydrogens (tertiary/aromatic N) is 2. The molecule has 0 amide bonds. The standard InChI is InChI=1S/C17H30N4/c1-4-17(5-2,21-11-6-7-12-21)15(19-3)13-14-9-8-10-20-16(14)18/h8-10,15,19H,4-7,11-13H2,1-3H3,(H2,18,20). The van der Waals surface area contributed by atoms with Crippen LogP contribution in [-0.4, -0.2) is 41.6 Å². The van der Waals surface area contributed by atoms with Crippen molar-refractivity contribution in [1.82, 2.24) is 15.2 Å². The van der Waals surface area contributed by atoms with Crippen LogP contribution in [0.15, 0.2) is 18.3 Å². The van der Waals surface area contributed by atoms with Crippen LogP contribution in [0.1, 0.15) is 45.1 Å². The minimum atomic E-state index is 0.216. The molecule has 0 spiro atoms. The molecule has 0 aromatic carbocycles. The number of hydrogen-bond donors (Lipinski definition) is 2. The molecule has 1 aromatic rings. The molecule has 1 aromatic heterocycles. The molecule has 0 radical (unpaired) electrons. The number of nitrogens with two attached hydrogens (primary N) is 1. The Balaban J connectivity index is 2.25. The first kappa shape index (κ1) is 16.2. The fraction of sp³-hybridized carbons (Fsp3) is 0.706. The predicted molar refractivity (Wildman–Crippen MR) is 89.3 cm³/mol. The first-order valence-electron chi connectivity index (χ1n) is 8.29. The average Bonchev–Trinajstić information content (AvgIpc) is 3.04. The Kier molecular flexibility index (Phi) is 5.59. The van der Waals surface area contributed by atoms with Crippen LogP contribution in [0.4, 0.5) is 5.82 Å². The Morgan fingerprint density at radius 2 is 2.00 bits per heavy atom. The molecule has 1 aliphatic rings. The summed E-state index contributed by atoms with van der Waals surface area (Å²) in [6.45, 7) is 7.09. The van der Waals surface area contributed by atoms with E-state index in [9.17, 15) is 0 Å². The van der Waals surface area contributed by atoms with Crippen LogP contribution in [0.3, 0.4) is 0 Å². The van der Waals surface area contributed by atoms with Gasteiger partial charge in [0.15, 0.2) is 0 Å². The summed E-state index contributed by atoms with van der Waals surface area (Å²) in [6, 6.07) is 4.48. The van der Waals surface area contributed by atoms with Gasteiger partial charge in [0.1, 0.15) is 5.82 Å². The maximum absolute atomic E-state index is 6.05. The van der Waals surface area contributed by atoms with E-state index in [2.05, 4.69) is 42.2 Å². The Morgan fingerprint density at radius 3 is 2.52 bits per heavy atom. The Hall–Kier alpha value is -1.13. The van der Waals surface area contributed by atoms with E-state index in [1.807, 2.05) is 6.07 Å². The van der Waals surface area contributed by atoms with Gasteiger partial charge in [-0.15, -0.1) is 0 Å². The van der Waals surface area contributed by atoms with Crippen molar-refractivity contribution in [2.45, 2.75) is 57.5 Å². The molecule has 3 N–H and O–H groups in total. The van der Waals surface area contributed by atoms with E-state index in [4.69, 9.17) is 5.73 Å². The van der Waals surface area contributed by atoms with Crippen LogP contribution in [0, 0.1) is 0 Å². The van der Waals surface area contributed by atoms with E-state index in [-0.39, 0.29) is 5.54 Å². The van der Waals surface area contributed by atoms with E-state index in [0.717, 1.165) is 24.8 Å². The highest BCUT2D eigenvalue weighted by Crippen LogP contribution is 2.33. The zero-order valence-electron chi connectivity index (χ0n) is 13.7. The molecular formula is C17H30N4. The number of hydrogen-bond acceptors (Lipinski definition) is 4. The molecule has 1 fully saturated rings. The molecule has 1 unspecified atom stereocenters. The van der Waals surface area contributed by atoms with Crippen molar-refractivity contribution in [3.63, 3.8) is 0 Å². The second-order valence-electron chi connectivity index (χ2n) is 6.10. The Bertz CT molecular complexity index is 436. The number of likely N-dealkylation sites (tertiary alicyclic amines) is 1. The summed E-state index contributed by atoms with van der Waals surface area (Å²) in [7, 11) is 2.08. The highest BCUT2D eigenvalue weighted by Gasteiger charge is 2.41. The number of anilines is 1. The molecule has 0 saturated carbocycles. The second-order valence-corrected chi connectivity index (χ2v) is 6.10. The van der Waals surface area contributed by atoms with Gasteiger partial charge in [0.05, 0.1) is 0 Å². The minimum absolute atomic E-state index is 0.216. The number of rotatable bonds is 7. The summed E-state index contributed by atoms with van der Waals surface area (Å²) in [6.07, 6.45) is 7.68. The summed E-state index contributed by atoms with van der Waals surface area (Å²) in [5.74, 6) is 0.667. The molecule has 2 rings (SSSR count). The van der Waals surface area contributed by atoms with Gasteiger partial charge in [0.2, 0.25) is 0 Å². The van der Waals surface area contributed by atoms with E-state index >= 15 is 0 Å². The number of nitrogen functional groups attached to an aromatic ring is 1. The summed E-state index contributed by atoms with van der Waals surface area (Å²) in [4.78, 5) is 6.93. The lowest BCUT2D eigenvalue weighted by Gasteiger charge is -2.47. The minimum Gasteiger partial charge on any atom is -0.383 e. The van der Waals surface area contributed by atoms with Crippen molar-refractivity contribution in [2.24, 2.45) is 0 Å². The molecular weight excluding hydrogens is 260 g/mol. The van der Waals surface area contributed by atoms with E-state index in [1.54, 1.807) is 6.20 Å². The SMILES string of the molecule is CCC(CC)(C(Cc1cccnc1N)NC)N1CCCC1. The third-order valence-electron chi connectivity index (χ3n) is 5.31. The molecule has 2 heterocycles. The number of pyridine rings is 1. The van der Waals surface area contributed by atoms with Crippen LogP contribution in [0.25, 0.3) is 0 Å². The highest BCUT2D eigenvalue weighted by molar-refractivity contribution is 5.39. The first-order valence-corrected chi connectivity index (χ1v) is 8.29. The van der Waals surface area contributed by atoms with Crippen LogP contribution < -0.4 is 11.1 Å². The molecule has 21 heavy (non-hydrogen) atoms. The smallest absolute Gasteiger partial charge is 0.126 e. The van der Waals surface area contributed by atoms with Crippen LogP contribution in [0.2, 0.25) is 0 Å². The Labute approximate surface area is 129 Å². The normalized spacial score (nSPS) is 18.0. The van der Waals surface area contributed by atoms with Crippen LogP contribution in [0.5, 0.6) is 0 Å². The number of nitrogens with one attached hydrogen (secondary N) is 1. The second kappa shape index (κ2) is 7.23.